The summed E-state index contributed by atoms with van der Waals surface area (Å²) >= 11 is 0. The minimum atomic E-state index is -5.78. The first-order valence-electron chi connectivity index (χ1n) is 3.80. The van der Waals surface area contributed by atoms with Crippen molar-refractivity contribution in [2.45, 2.75) is 24.6 Å². The summed E-state index contributed by atoms with van der Waals surface area (Å²) in [4.78, 5) is 10.6. The van der Waals surface area contributed by atoms with Gasteiger partial charge in [0.2, 0.25) is 0 Å². The number of terminal acetylenes is 1. The number of carbonyl (C=O) groups is 1. The smallest absolute Gasteiger partial charge is 0.454 e. The van der Waals surface area contributed by atoms with Gasteiger partial charge in [-0.3, -0.25) is 4.79 Å². The van der Waals surface area contributed by atoms with E-state index in [0.29, 0.717) is 0 Å². The molecular formula is C8H5F5O2. The van der Waals surface area contributed by atoms with Crippen molar-refractivity contribution in [3.05, 3.63) is 0 Å². The van der Waals surface area contributed by atoms with Crippen LogP contribution >= 0.6 is 0 Å². The third-order valence-electron chi connectivity index (χ3n) is 1.96. The number of esters is 1. The molecule has 2 atom stereocenters. The number of alkyl halides is 5. The zero-order valence-corrected chi connectivity index (χ0v) is 7.15. The van der Waals surface area contributed by atoms with E-state index in [0.717, 1.165) is 0 Å². The molecule has 0 spiro atoms. The van der Waals surface area contributed by atoms with E-state index in [-0.39, 0.29) is 0 Å². The normalized spacial score (nSPS) is 27.3. The van der Waals surface area contributed by atoms with Gasteiger partial charge in [-0.05, 0) is 0 Å². The van der Waals surface area contributed by atoms with Gasteiger partial charge in [-0.15, -0.1) is 6.42 Å². The second-order valence-corrected chi connectivity index (χ2v) is 3.01. The summed E-state index contributed by atoms with van der Waals surface area (Å²) < 4.78 is 65.1. The number of hydrogen-bond acceptors (Lipinski definition) is 2. The van der Waals surface area contributed by atoms with Crippen molar-refractivity contribution < 1.29 is 31.5 Å². The maximum atomic E-state index is 12.7. The quantitative estimate of drug-likeness (QED) is 0.388. The van der Waals surface area contributed by atoms with E-state index >= 15 is 0 Å². The number of cyclic esters (lactones) is 1. The first-order valence-corrected chi connectivity index (χ1v) is 3.80. The molecule has 0 radical (unpaired) electrons. The largest absolute Gasteiger partial charge is 0.457 e. The monoisotopic (exact) mass is 228 g/mol. The van der Waals surface area contributed by atoms with Gasteiger partial charge in [0.1, 0.15) is 0 Å². The zero-order chi connectivity index (χ0) is 11.9. The summed E-state index contributed by atoms with van der Waals surface area (Å²) in [5.41, 5.74) is 0. The van der Waals surface area contributed by atoms with E-state index in [2.05, 4.69) is 4.74 Å². The van der Waals surface area contributed by atoms with Crippen LogP contribution in [0.15, 0.2) is 0 Å². The number of rotatable bonds is 1. The predicted molar refractivity (Wildman–Crippen MR) is 37.8 cm³/mol. The molecule has 2 unspecified atom stereocenters. The van der Waals surface area contributed by atoms with Crippen molar-refractivity contribution >= 4 is 5.97 Å². The number of hydrogen-bond donors (Lipinski definition) is 0. The van der Waals surface area contributed by atoms with Crippen LogP contribution in [0.3, 0.4) is 0 Å². The van der Waals surface area contributed by atoms with Gasteiger partial charge < -0.3 is 4.74 Å². The minimum absolute atomic E-state index is 0.618. The summed E-state index contributed by atoms with van der Waals surface area (Å²) in [6.45, 7) is 0. The third kappa shape index (κ3) is 1.89. The van der Waals surface area contributed by atoms with Crippen molar-refractivity contribution in [3.8, 4) is 12.3 Å². The molecule has 0 aromatic heterocycles. The Labute approximate surface area is 81.4 Å². The number of ether oxygens (including phenoxy) is 1. The molecule has 1 saturated heterocycles. The van der Waals surface area contributed by atoms with Crippen LogP contribution in [0.4, 0.5) is 22.0 Å². The van der Waals surface area contributed by atoms with Gasteiger partial charge in [0.05, 0.1) is 12.3 Å². The fraction of sp³-hybridized carbons (Fsp3) is 0.625. The van der Waals surface area contributed by atoms with Gasteiger partial charge in [0.25, 0.3) is 0 Å². The second-order valence-electron chi connectivity index (χ2n) is 3.01. The minimum Gasteiger partial charge on any atom is -0.454 e. The van der Waals surface area contributed by atoms with Crippen molar-refractivity contribution in [2.75, 3.05) is 0 Å². The van der Waals surface area contributed by atoms with Crippen molar-refractivity contribution in [1.82, 2.24) is 0 Å². The molecule has 0 bridgehead atoms. The maximum Gasteiger partial charge on any atom is 0.457 e. The van der Waals surface area contributed by atoms with E-state index in [4.69, 9.17) is 6.42 Å². The molecular weight excluding hydrogens is 223 g/mol. The molecule has 0 aliphatic carbocycles. The van der Waals surface area contributed by atoms with Gasteiger partial charge in [-0.2, -0.15) is 22.0 Å². The van der Waals surface area contributed by atoms with Crippen LogP contribution in [0, 0.1) is 18.3 Å². The van der Waals surface area contributed by atoms with Crippen molar-refractivity contribution in [2.24, 2.45) is 5.92 Å². The van der Waals surface area contributed by atoms with Crippen LogP contribution < -0.4 is 0 Å². The third-order valence-corrected chi connectivity index (χ3v) is 1.96. The van der Waals surface area contributed by atoms with Crippen LogP contribution in [-0.2, 0) is 9.53 Å². The molecule has 1 heterocycles. The first kappa shape index (κ1) is 11.8. The van der Waals surface area contributed by atoms with Gasteiger partial charge >= 0.3 is 18.1 Å². The predicted octanol–water partition coefficient (Wildman–Crippen LogP) is 1.75. The molecule has 7 heteroatoms. The molecule has 0 aromatic carbocycles. The topological polar surface area (TPSA) is 26.3 Å². The molecule has 84 valence electrons. The summed E-state index contributed by atoms with van der Waals surface area (Å²) in [7, 11) is 0. The zero-order valence-electron chi connectivity index (χ0n) is 7.15. The van der Waals surface area contributed by atoms with Crippen LogP contribution in [0.5, 0.6) is 0 Å². The van der Waals surface area contributed by atoms with Crippen LogP contribution in [0.25, 0.3) is 0 Å². The fourth-order valence-electron chi connectivity index (χ4n) is 1.19. The van der Waals surface area contributed by atoms with Crippen LogP contribution in [-0.4, -0.2) is 24.2 Å². The standard InChI is InChI=1S/C8H5F5O2/c1-2-4-3-5(14)15-6(4)7(9,10)8(11,12)13/h1,4,6H,3H2. The van der Waals surface area contributed by atoms with Gasteiger partial charge in [0.15, 0.2) is 6.10 Å². The Morgan fingerprint density at radius 2 is 1.87 bits per heavy atom. The average molecular weight is 228 g/mol. The molecule has 1 rings (SSSR count). The lowest BCUT2D eigenvalue weighted by Gasteiger charge is -2.26. The highest BCUT2D eigenvalue weighted by molar-refractivity contribution is 5.73. The maximum absolute atomic E-state index is 12.7. The summed E-state index contributed by atoms with van der Waals surface area (Å²) in [6, 6.07) is 0. The molecule has 1 aliphatic rings. The Bertz CT molecular complexity index is 314. The Morgan fingerprint density at radius 1 is 1.33 bits per heavy atom. The molecule has 0 amide bonds. The lowest BCUT2D eigenvalue weighted by molar-refractivity contribution is -0.313. The highest BCUT2D eigenvalue weighted by Gasteiger charge is 2.67. The number of carbonyl (C=O) groups excluding carboxylic acids is 1. The van der Waals surface area contributed by atoms with E-state index in [1.165, 1.54) is 0 Å². The Hall–Kier alpha value is -1.32. The molecule has 0 N–H and O–H groups in total. The van der Waals surface area contributed by atoms with E-state index < -0.39 is 36.5 Å². The van der Waals surface area contributed by atoms with Crippen LogP contribution in [0.2, 0.25) is 0 Å². The average Bonchev–Trinajstić information content (AvgIpc) is 2.45. The molecule has 2 nitrogen and oxygen atoms in total. The fourth-order valence-corrected chi connectivity index (χ4v) is 1.19. The highest BCUT2D eigenvalue weighted by Crippen LogP contribution is 2.44. The van der Waals surface area contributed by atoms with Crippen molar-refractivity contribution in [1.29, 1.82) is 0 Å². The SMILES string of the molecule is C#CC1CC(=O)OC1C(F)(F)C(F)(F)F. The second kappa shape index (κ2) is 3.36. The molecule has 0 saturated carbocycles. The molecule has 1 fully saturated rings. The Balaban J connectivity index is 2.98. The van der Waals surface area contributed by atoms with E-state index in [1.807, 2.05) is 0 Å². The Morgan fingerprint density at radius 3 is 2.27 bits per heavy atom. The summed E-state index contributed by atoms with van der Waals surface area (Å²) in [5, 5.41) is 0. The van der Waals surface area contributed by atoms with Crippen molar-refractivity contribution in [3.63, 3.8) is 0 Å². The summed E-state index contributed by atoms with van der Waals surface area (Å²) in [5.74, 6) is -6.11. The number of halogens is 5. The summed E-state index contributed by atoms with van der Waals surface area (Å²) in [6.07, 6.45) is -4.27. The lowest BCUT2D eigenvalue weighted by atomic mass is 9.97. The Kier molecular flexibility index (Phi) is 2.63. The lowest BCUT2D eigenvalue weighted by Crippen LogP contribution is -2.49. The van der Waals surface area contributed by atoms with Gasteiger partial charge in [-0.1, -0.05) is 5.92 Å². The molecule has 1 aliphatic heterocycles. The van der Waals surface area contributed by atoms with Gasteiger partial charge in [0, 0.05) is 0 Å². The molecule has 15 heavy (non-hydrogen) atoms. The van der Waals surface area contributed by atoms with Gasteiger partial charge in [-0.25, -0.2) is 0 Å². The first-order chi connectivity index (χ1) is 6.70. The molecule has 0 aromatic rings. The van der Waals surface area contributed by atoms with E-state index in [1.54, 1.807) is 5.92 Å². The highest BCUT2D eigenvalue weighted by atomic mass is 19.4. The van der Waals surface area contributed by atoms with E-state index in [9.17, 15) is 26.7 Å². The van der Waals surface area contributed by atoms with Crippen LogP contribution in [0.1, 0.15) is 6.42 Å².